The van der Waals surface area contributed by atoms with Crippen LogP contribution in [0.3, 0.4) is 0 Å². The Hall–Kier alpha value is -2.06. The molecular formula is C18H21NO. The largest absolute Gasteiger partial charge is 0.388 e. The van der Waals surface area contributed by atoms with Gasteiger partial charge in [-0.05, 0) is 23.6 Å². The van der Waals surface area contributed by atoms with Crippen molar-refractivity contribution >= 4 is 11.8 Å². The van der Waals surface area contributed by atoms with E-state index >= 15 is 0 Å². The van der Waals surface area contributed by atoms with E-state index in [1.807, 2.05) is 62.6 Å². The van der Waals surface area contributed by atoms with Crippen molar-refractivity contribution in [1.29, 1.82) is 0 Å². The lowest BCUT2D eigenvalue weighted by molar-refractivity contribution is 0.182. The summed E-state index contributed by atoms with van der Waals surface area (Å²) in [6, 6.07) is 18.0. The SMILES string of the molecule is CN(C)c1ccccc1/C=C\CC(O)c1ccccc1. The summed E-state index contributed by atoms with van der Waals surface area (Å²) in [5.74, 6) is 0. The van der Waals surface area contributed by atoms with Crippen molar-refractivity contribution in [2.45, 2.75) is 12.5 Å². The van der Waals surface area contributed by atoms with Crippen LogP contribution in [0.5, 0.6) is 0 Å². The Bertz CT molecular complexity index is 561. The summed E-state index contributed by atoms with van der Waals surface area (Å²) >= 11 is 0. The monoisotopic (exact) mass is 267 g/mol. The van der Waals surface area contributed by atoms with Gasteiger partial charge in [0.05, 0.1) is 6.10 Å². The Balaban J connectivity index is 2.04. The molecule has 2 aromatic rings. The standard InChI is InChI=1S/C18H21NO/c1-19(2)17-13-7-6-9-15(17)12-8-14-18(20)16-10-4-3-5-11-16/h3-13,18,20H,14H2,1-2H3/b12-8-. The first-order valence-electron chi connectivity index (χ1n) is 6.84. The van der Waals surface area contributed by atoms with Gasteiger partial charge in [-0.25, -0.2) is 0 Å². The smallest absolute Gasteiger partial charge is 0.0824 e. The molecule has 2 heteroatoms. The number of para-hydroxylation sites is 1. The van der Waals surface area contributed by atoms with Crippen molar-refractivity contribution in [1.82, 2.24) is 0 Å². The molecule has 0 amide bonds. The summed E-state index contributed by atoms with van der Waals surface area (Å²) in [6.07, 6.45) is 4.27. The van der Waals surface area contributed by atoms with Gasteiger partial charge in [-0.15, -0.1) is 0 Å². The second kappa shape index (κ2) is 6.92. The highest BCUT2D eigenvalue weighted by atomic mass is 16.3. The molecule has 0 radical (unpaired) electrons. The minimum absolute atomic E-state index is 0.445. The fraction of sp³-hybridized carbons (Fsp3) is 0.222. The molecule has 2 nitrogen and oxygen atoms in total. The van der Waals surface area contributed by atoms with Gasteiger partial charge in [-0.1, -0.05) is 60.7 Å². The molecule has 0 aromatic heterocycles. The fourth-order valence-corrected chi connectivity index (χ4v) is 2.17. The summed E-state index contributed by atoms with van der Waals surface area (Å²) in [7, 11) is 4.07. The minimum Gasteiger partial charge on any atom is -0.388 e. The third kappa shape index (κ3) is 3.72. The Labute approximate surface area is 121 Å². The number of hydrogen-bond donors (Lipinski definition) is 1. The van der Waals surface area contributed by atoms with Crippen LogP contribution in [0.4, 0.5) is 5.69 Å². The van der Waals surface area contributed by atoms with E-state index in [4.69, 9.17) is 0 Å². The van der Waals surface area contributed by atoms with Gasteiger partial charge in [0.25, 0.3) is 0 Å². The van der Waals surface area contributed by atoms with Gasteiger partial charge in [0.2, 0.25) is 0 Å². The van der Waals surface area contributed by atoms with Crippen molar-refractivity contribution in [2.24, 2.45) is 0 Å². The topological polar surface area (TPSA) is 23.5 Å². The van der Waals surface area contributed by atoms with Gasteiger partial charge in [0, 0.05) is 19.8 Å². The maximum atomic E-state index is 10.1. The quantitative estimate of drug-likeness (QED) is 0.888. The molecule has 104 valence electrons. The maximum Gasteiger partial charge on any atom is 0.0824 e. The molecular weight excluding hydrogens is 246 g/mol. The highest BCUT2D eigenvalue weighted by Crippen LogP contribution is 2.21. The normalized spacial score (nSPS) is 12.6. The maximum absolute atomic E-state index is 10.1. The first kappa shape index (κ1) is 14.4. The number of benzene rings is 2. The molecule has 0 spiro atoms. The first-order valence-corrected chi connectivity index (χ1v) is 6.84. The Morgan fingerprint density at radius 3 is 2.35 bits per heavy atom. The van der Waals surface area contributed by atoms with Crippen LogP contribution in [-0.2, 0) is 0 Å². The Kier molecular flexibility index (Phi) is 4.97. The number of aliphatic hydroxyl groups is 1. The number of rotatable bonds is 5. The molecule has 0 fully saturated rings. The molecule has 2 rings (SSSR count). The number of anilines is 1. The van der Waals surface area contributed by atoms with Crippen molar-refractivity contribution < 1.29 is 5.11 Å². The van der Waals surface area contributed by atoms with Crippen LogP contribution in [0.15, 0.2) is 60.7 Å². The van der Waals surface area contributed by atoms with Crippen LogP contribution in [0.2, 0.25) is 0 Å². The zero-order valence-electron chi connectivity index (χ0n) is 12.0. The third-order valence-corrected chi connectivity index (χ3v) is 3.26. The van der Waals surface area contributed by atoms with E-state index in [1.54, 1.807) is 0 Å². The minimum atomic E-state index is -0.445. The lowest BCUT2D eigenvalue weighted by Gasteiger charge is -2.15. The van der Waals surface area contributed by atoms with E-state index in [9.17, 15) is 5.11 Å². The second-order valence-corrected chi connectivity index (χ2v) is 5.02. The summed E-state index contributed by atoms with van der Waals surface area (Å²) in [6.45, 7) is 0. The highest BCUT2D eigenvalue weighted by Gasteiger charge is 2.04. The predicted octanol–water partition coefficient (Wildman–Crippen LogP) is 3.89. The van der Waals surface area contributed by atoms with Gasteiger partial charge < -0.3 is 10.0 Å². The van der Waals surface area contributed by atoms with E-state index in [-0.39, 0.29) is 0 Å². The summed E-state index contributed by atoms with van der Waals surface area (Å²) < 4.78 is 0. The summed E-state index contributed by atoms with van der Waals surface area (Å²) in [5, 5.41) is 10.1. The highest BCUT2D eigenvalue weighted by molar-refractivity contribution is 5.67. The molecule has 1 atom stereocenters. The molecule has 1 unspecified atom stereocenters. The summed E-state index contributed by atoms with van der Waals surface area (Å²) in [4.78, 5) is 2.09. The number of hydrogen-bond acceptors (Lipinski definition) is 2. The molecule has 2 aromatic carbocycles. The van der Waals surface area contributed by atoms with E-state index in [0.29, 0.717) is 6.42 Å². The van der Waals surface area contributed by atoms with E-state index in [0.717, 1.165) is 11.1 Å². The molecule has 0 heterocycles. The third-order valence-electron chi connectivity index (χ3n) is 3.26. The van der Waals surface area contributed by atoms with E-state index in [2.05, 4.69) is 23.1 Å². The van der Waals surface area contributed by atoms with Gasteiger partial charge in [-0.3, -0.25) is 0 Å². The second-order valence-electron chi connectivity index (χ2n) is 5.02. The van der Waals surface area contributed by atoms with Crippen LogP contribution in [0.1, 0.15) is 23.7 Å². The predicted molar refractivity (Wildman–Crippen MR) is 85.8 cm³/mol. The molecule has 0 saturated carbocycles. The zero-order chi connectivity index (χ0) is 14.4. The number of nitrogens with zero attached hydrogens (tertiary/aromatic N) is 1. The van der Waals surface area contributed by atoms with Crippen molar-refractivity contribution in [3.05, 3.63) is 71.8 Å². The number of aliphatic hydroxyl groups excluding tert-OH is 1. The van der Waals surface area contributed by atoms with Gasteiger partial charge in [-0.2, -0.15) is 0 Å². The van der Waals surface area contributed by atoms with Crippen molar-refractivity contribution in [3.8, 4) is 0 Å². The van der Waals surface area contributed by atoms with Crippen LogP contribution in [0, 0.1) is 0 Å². The lowest BCUT2D eigenvalue weighted by atomic mass is 10.1. The molecule has 0 bridgehead atoms. The molecule has 1 N–H and O–H groups in total. The van der Waals surface area contributed by atoms with Gasteiger partial charge >= 0.3 is 0 Å². The average molecular weight is 267 g/mol. The van der Waals surface area contributed by atoms with Crippen LogP contribution in [-0.4, -0.2) is 19.2 Å². The molecule has 0 saturated heterocycles. The van der Waals surface area contributed by atoms with E-state index < -0.39 is 6.10 Å². The molecule has 0 aliphatic carbocycles. The molecule has 0 aliphatic rings. The van der Waals surface area contributed by atoms with E-state index in [1.165, 1.54) is 5.69 Å². The first-order chi connectivity index (χ1) is 9.68. The van der Waals surface area contributed by atoms with Crippen LogP contribution < -0.4 is 4.90 Å². The van der Waals surface area contributed by atoms with Crippen LogP contribution in [0.25, 0.3) is 6.08 Å². The fourth-order valence-electron chi connectivity index (χ4n) is 2.17. The Morgan fingerprint density at radius 2 is 1.65 bits per heavy atom. The molecule has 20 heavy (non-hydrogen) atoms. The van der Waals surface area contributed by atoms with Gasteiger partial charge in [0.15, 0.2) is 0 Å². The summed E-state index contributed by atoms with van der Waals surface area (Å²) in [5.41, 5.74) is 3.30. The molecule has 0 aliphatic heterocycles. The lowest BCUT2D eigenvalue weighted by Crippen LogP contribution is -2.09. The average Bonchev–Trinajstić information content (AvgIpc) is 2.48. The van der Waals surface area contributed by atoms with Crippen LogP contribution >= 0.6 is 0 Å². The van der Waals surface area contributed by atoms with Gasteiger partial charge in [0.1, 0.15) is 0 Å². The van der Waals surface area contributed by atoms with Crippen molar-refractivity contribution in [2.75, 3.05) is 19.0 Å². The Morgan fingerprint density at radius 1 is 1.00 bits per heavy atom. The zero-order valence-corrected chi connectivity index (χ0v) is 12.0. The van der Waals surface area contributed by atoms with Crippen molar-refractivity contribution in [3.63, 3.8) is 0 Å².